The minimum atomic E-state index is -2.79. The van der Waals surface area contributed by atoms with Gasteiger partial charge in [-0.1, -0.05) is 11.2 Å². The van der Waals surface area contributed by atoms with Crippen LogP contribution in [-0.4, -0.2) is 38.5 Å². The molecule has 0 aliphatic heterocycles. The number of fused-ring (bicyclic) bond motifs is 3. The Bertz CT molecular complexity index is 1450. The molecule has 3 aromatic rings. The van der Waals surface area contributed by atoms with Crippen molar-refractivity contribution < 1.29 is 26.9 Å². The summed E-state index contributed by atoms with van der Waals surface area (Å²) in [6, 6.07) is 7.65. The number of carbonyl (C=O) groups is 1. The predicted molar refractivity (Wildman–Crippen MR) is 135 cm³/mol. The van der Waals surface area contributed by atoms with Crippen molar-refractivity contribution in [2.75, 3.05) is 11.4 Å². The Hall–Kier alpha value is -3.24. The molecular weight excluding hydrogens is 523 g/mol. The number of hydrogen-bond acceptors (Lipinski definition) is 7. The van der Waals surface area contributed by atoms with Crippen molar-refractivity contribution in [2.45, 2.75) is 94.1 Å². The molecule has 0 atom stereocenters. The summed E-state index contributed by atoms with van der Waals surface area (Å²) < 4.78 is 51.4. The smallest absolute Gasteiger partial charge is 0.315 e. The minimum absolute atomic E-state index is 0.00935. The standard InChI is InChI=1S/C29H30F3N5O3/c30-20(31)23-33-24(36-40-23)27-9-6-26(7-10-27,8-11-27)16-37(25(38)28-13-29(32,14-28)15-28)19-3-1-2-18(12-19)22-35-34-21(39-22)17-4-5-17/h1-3,12,17,20H,4-11,13-16H2. The first-order valence-electron chi connectivity index (χ1n) is 14.3. The topological polar surface area (TPSA) is 98.2 Å². The van der Waals surface area contributed by atoms with E-state index in [0.717, 1.165) is 62.6 Å². The Morgan fingerprint density at radius 3 is 2.40 bits per heavy atom. The summed E-state index contributed by atoms with van der Waals surface area (Å²) in [5.41, 5.74) is -0.773. The van der Waals surface area contributed by atoms with Crippen molar-refractivity contribution in [1.29, 1.82) is 0 Å². The summed E-state index contributed by atoms with van der Waals surface area (Å²) in [5.74, 6) is 1.18. The zero-order chi connectivity index (χ0) is 27.3. The number of alkyl halides is 3. The maximum absolute atomic E-state index is 14.5. The summed E-state index contributed by atoms with van der Waals surface area (Å²) in [6.07, 6.45) is 4.95. The number of hydrogen-bond donors (Lipinski definition) is 0. The van der Waals surface area contributed by atoms with Crippen LogP contribution in [0.1, 0.15) is 101 Å². The van der Waals surface area contributed by atoms with Crippen LogP contribution in [0.4, 0.5) is 18.9 Å². The number of amides is 1. The lowest BCUT2D eigenvalue weighted by Crippen LogP contribution is -2.71. The van der Waals surface area contributed by atoms with Crippen LogP contribution < -0.4 is 4.90 Å². The molecule has 2 aromatic heterocycles. The highest BCUT2D eigenvalue weighted by atomic mass is 19.3. The van der Waals surface area contributed by atoms with Crippen molar-refractivity contribution in [1.82, 2.24) is 20.3 Å². The van der Waals surface area contributed by atoms with E-state index in [1.165, 1.54) is 0 Å². The van der Waals surface area contributed by atoms with Gasteiger partial charge in [0.05, 0.1) is 5.41 Å². The molecule has 0 radical (unpaired) electrons. The van der Waals surface area contributed by atoms with Crippen LogP contribution in [-0.2, 0) is 10.2 Å². The predicted octanol–water partition coefficient (Wildman–Crippen LogP) is 6.45. The van der Waals surface area contributed by atoms with E-state index in [4.69, 9.17) is 8.94 Å². The van der Waals surface area contributed by atoms with Gasteiger partial charge >= 0.3 is 6.43 Å². The van der Waals surface area contributed by atoms with Gasteiger partial charge in [-0.05, 0) is 94.2 Å². The monoisotopic (exact) mass is 553 g/mol. The lowest BCUT2D eigenvalue weighted by molar-refractivity contribution is -0.211. The lowest BCUT2D eigenvalue weighted by Gasteiger charge is -2.65. The zero-order valence-corrected chi connectivity index (χ0v) is 22.0. The number of rotatable bonds is 8. The molecule has 10 rings (SSSR count). The SMILES string of the molecule is O=C(N(CC12CCC(c3noc(C(F)F)n3)(CC1)CC2)c1cccc(-c2nnc(C3CC3)o2)c1)C12CC(F)(C1)C2. The first-order chi connectivity index (χ1) is 19.2. The van der Waals surface area contributed by atoms with Gasteiger partial charge in [-0.3, -0.25) is 4.79 Å². The highest BCUT2D eigenvalue weighted by molar-refractivity contribution is 6.00. The van der Waals surface area contributed by atoms with Gasteiger partial charge in [-0.15, -0.1) is 10.2 Å². The third kappa shape index (κ3) is 3.68. The van der Waals surface area contributed by atoms with E-state index in [0.29, 0.717) is 49.3 Å². The first kappa shape index (κ1) is 24.5. The van der Waals surface area contributed by atoms with Crippen molar-refractivity contribution >= 4 is 11.6 Å². The summed E-state index contributed by atoms with van der Waals surface area (Å²) in [5, 5.41) is 12.4. The molecule has 2 heterocycles. The normalized spacial score (nSPS) is 34.0. The van der Waals surface area contributed by atoms with Gasteiger partial charge in [-0.2, -0.15) is 13.8 Å². The Balaban J connectivity index is 1.07. The van der Waals surface area contributed by atoms with Crippen LogP contribution in [0.3, 0.4) is 0 Å². The van der Waals surface area contributed by atoms with E-state index in [1.54, 1.807) is 0 Å². The molecule has 40 heavy (non-hydrogen) atoms. The first-order valence-corrected chi connectivity index (χ1v) is 14.3. The molecule has 0 saturated heterocycles. The summed E-state index contributed by atoms with van der Waals surface area (Å²) >= 11 is 0. The van der Waals surface area contributed by atoms with Gasteiger partial charge in [0, 0.05) is 29.1 Å². The Morgan fingerprint density at radius 1 is 1.05 bits per heavy atom. The highest BCUT2D eigenvalue weighted by Crippen LogP contribution is 2.70. The molecule has 4 bridgehead atoms. The van der Waals surface area contributed by atoms with Crippen LogP contribution >= 0.6 is 0 Å². The maximum Gasteiger partial charge on any atom is 0.315 e. The van der Waals surface area contributed by atoms with Gasteiger partial charge in [0.1, 0.15) is 5.67 Å². The van der Waals surface area contributed by atoms with Crippen LogP contribution in [0.2, 0.25) is 0 Å². The highest BCUT2D eigenvalue weighted by Gasteiger charge is 2.73. The molecule has 210 valence electrons. The van der Waals surface area contributed by atoms with Crippen LogP contribution in [0, 0.1) is 10.8 Å². The van der Waals surface area contributed by atoms with E-state index in [-0.39, 0.29) is 16.7 Å². The van der Waals surface area contributed by atoms with Gasteiger partial charge in [0.2, 0.25) is 17.7 Å². The molecule has 0 spiro atoms. The molecular formula is C29H30F3N5O3. The number of halogens is 3. The van der Waals surface area contributed by atoms with Crippen LogP contribution in [0.15, 0.2) is 33.2 Å². The van der Waals surface area contributed by atoms with Crippen molar-refractivity contribution in [2.24, 2.45) is 10.8 Å². The number of nitrogens with zero attached hydrogens (tertiary/aromatic N) is 5. The third-order valence-electron chi connectivity index (χ3n) is 10.4. The fourth-order valence-electron chi connectivity index (χ4n) is 7.82. The summed E-state index contributed by atoms with van der Waals surface area (Å²) in [7, 11) is 0. The largest absolute Gasteiger partial charge is 0.420 e. The second-order valence-electron chi connectivity index (χ2n) is 13.2. The number of benzene rings is 1. The molecule has 7 aliphatic carbocycles. The Morgan fingerprint density at radius 2 is 1.77 bits per heavy atom. The minimum Gasteiger partial charge on any atom is -0.420 e. The molecule has 1 amide bonds. The van der Waals surface area contributed by atoms with E-state index < -0.39 is 23.4 Å². The van der Waals surface area contributed by atoms with E-state index in [9.17, 15) is 18.0 Å². The average Bonchev–Trinajstić information content (AvgIpc) is 3.44. The van der Waals surface area contributed by atoms with E-state index >= 15 is 0 Å². The Kier molecular flexibility index (Phi) is 5.01. The molecule has 0 unspecified atom stereocenters. The quantitative estimate of drug-likeness (QED) is 0.316. The second-order valence-corrected chi connectivity index (χ2v) is 13.2. The molecule has 0 N–H and O–H groups in total. The molecule has 1 aromatic carbocycles. The molecule has 11 heteroatoms. The third-order valence-corrected chi connectivity index (χ3v) is 10.4. The van der Waals surface area contributed by atoms with Crippen molar-refractivity contribution in [3.63, 3.8) is 0 Å². The number of aromatic nitrogens is 4. The van der Waals surface area contributed by atoms with Gasteiger partial charge in [0.15, 0.2) is 5.82 Å². The summed E-state index contributed by atoms with van der Waals surface area (Å²) in [4.78, 5) is 20.0. The Labute approximate surface area is 228 Å². The second kappa shape index (κ2) is 8.16. The molecule has 7 aliphatic rings. The van der Waals surface area contributed by atoms with Gasteiger partial charge in [-0.25, -0.2) is 4.39 Å². The van der Waals surface area contributed by atoms with Crippen LogP contribution in [0.5, 0.6) is 0 Å². The molecule has 8 nitrogen and oxygen atoms in total. The maximum atomic E-state index is 14.5. The molecule has 7 saturated carbocycles. The van der Waals surface area contributed by atoms with Gasteiger partial charge < -0.3 is 13.8 Å². The molecule has 7 fully saturated rings. The van der Waals surface area contributed by atoms with Gasteiger partial charge in [0.25, 0.3) is 5.89 Å². The summed E-state index contributed by atoms with van der Waals surface area (Å²) in [6.45, 7) is 0.526. The van der Waals surface area contributed by atoms with Crippen molar-refractivity contribution in [3.05, 3.63) is 41.9 Å². The average molecular weight is 554 g/mol. The fourth-order valence-corrected chi connectivity index (χ4v) is 7.82. The fraction of sp³-hybridized carbons (Fsp3) is 0.621. The number of anilines is 1. The van der Waals surface area contributed by atoms with Crippen LogP contribution in [0.25, 0.3) is 11.5 Å². The van der Waals surface area contributed by atoms with E-state index in [1.807, 2.05) is 29.2 Å². The lowest BCUT2D eigenvalue weighted by atomic mass is 9.41. The zero-order valence-electron chi connectivity index (χ0n) is 22.0. The van der Waals surface area contributed by atoms with E-state index in [2.05, 4.69) is 20.3 Å². The number of carbonyl (C=O) groups excluding carboxylic acids is 1. The van der Waals surface area contributed by atoms with Crippen molar-refractivity contribution in [3.8, 4) is 11.5 Å².